The molecule has 0 aliphatic rings. The van der Waals surface area contributed by atoms with Crippen molar-refractivity contribution in [1.82, 2.24) is 4.72 Å². The van der Waals surface area contributed by atoms with Crippen LogP contribution in [-0.4, -0.2) is 19.7 Å². The first-order chi connectivity index (χ1) is 9.28. The van der Waals surface area contributed by atoms with Crippen LogP contribution < -0.4 is 4.72 Å². The maximum absolute atomic E-state index is 12.4. The van der Waals surface area contributed by atoms with Crippen LogP contribution in [0.3, 0.4) is 0 Å². The first-order valence-electron chi connectivity index (χ1n) is 6.95. The second-order valence-corrected chi connectivity index (χ2v) is 6.86. The smallest absolute Gasteiger partial charge is 0.241 e. The Labute approximate surface area is 121 Å². The largest absolute Gasteiger partial charge is 0.294 e. The van der Waals surface area contributed by atoms with Gasteiger partial charge in [0.05, 0.1) is 4.90 Å². The number of sulfonamides is 1. The lowest BCUT2D eigenvalue weighted by Gasteiger charge is -2.27. The fourth-order valence-corrected chi connectivity index (χ4v) is 3.41. The third-order valence-corrected chi connectivity index (χ3v) is 5.36. The van der Waals surface area contributed by atoms with Gasteiger partial charge in [-0.25, -0.2) is 13.1 Å². The molecular formula is C15H23NO3S. The van der Waals surface area contributed by atoms with Crippen LogP contribution in [-0.2, 0) is 10.0 Å². The van der Waals surface area contributed by atoms with Crippen molar-refractivity contribution in [3.63, 3.8) is 0 Å². The fraction of sp³-hybridized carbons (Fsp3) is 0.533. The number of ketones is 1. The molecule has 0 spiro atoms. The summed E-state index contributed by atoms with van der Waals surface area (Å²) in [5.74, 6) is -0.0594. The second-order valence-electron chi connectivity index (χ2n) is 5.18. The van der Waals surface area contributed by atoms with Crippen molar-refractivity contribution >= 4 is 15.8 Å². The van der Waals surface area contributed by atoms with E-state index < -0.39 is 15.6 Å². The third-order valence-electron chi connectivity index (χ3n) is 3.73. The van der Waals surface area contributed by atoms with Crippen molar-refractivity contribution in [2.75, 3.05) is 0 Å². The number of carbonyl (C=O) groups is 1. The van der Waals surface area contributed by atoms with E-state index in [0.29, 0.717) is 24.8 Å². The maximum atomic E-state index is 12.4. The zero-order chi connectivity index (χ0) is 15.4. The predicted octanol–water partition coefficient (Wildman–Crippen LogP) is 3.14. The Kier molecular flexibility index (Phi) is 5.48. The average molecular weight is 297 g/mol. The summed E-state index contributed by atoms with van der Waals surface area (Å²) in [6.07, 6.45) is 1.77. The minimum Gasteiger partial charge on any atom is -0.294 e. The molecule has 0 unspecified atom stereocenters. The minimum absolute atomic E-state index is 0.0594. The molecule has 4 nitrogen and oxygen atoms in total. The van der Waals surface area contributed by atoms with Crippen molar-refractivity contribution in [3.8, 4) is 0 Å². The number of nitrogens with one attached hydrogen (secondary N) is 1. The Balaban J connectivity index is 3.13. The molecule has 0 atom stereocenters. The number of Topliss-reactive ketones (excluding diaryl/α,β-unsaturated/α-hetero) is 1. The predicted molar refractivity (Wildman–Crippen MR) is 80.4 cm³/mol. The van der Waals surface area contributed by atoms with Gasteiger partial charge in [0.15, 0.2) is 5.78 Å². The highest BCUT2D eigenvalue weighted by molar-refractivity contribution is 7.89. The van der Waals surface area contributed by atoms with Crippen molar-refractivity contribution in [3.05, 3.63) is 29.8 Å². The van der Waals surface area contributed by atoms with Gasteiger partial charge < -0.3 is 0 Å². The van der Waals surface area contributed by atoms with Gasteiger partial charge in [0.1, 0.15) is 0 Å². The summed E-state index contributed by atoms with van der Waals surface area (Å²) in [5, 5.41) is 0. The van der Waals surface area contributed by atoms with Crippen molar-refractivity contribution in [1.29, 1.82) is 0 Å². The summed E-state index contributed by atoms with van der Waals surface area (Å²) in [4.78, 5) is 11.8. The number of hydrogen-bond donors (Lipinski definition) is 1. The van der Waals surface area contributed by atoms with Gasteiger partial charge in [0, 0.05) is 17.5 Å². The van der Waals surface area contributed by atoms with E-state index in [0.717, 1.165) is 0 Å². The van der Waals surface area contributed by atoms with Gasteiger partial charge in [-0.3, -0.25) is 4.79 Å². The topological polar surface area (TPSA) is 63.2 Å². The molecule has 0 fully saturated rings. The van der Waals surface area contributed by atoms with Crippen LogP contribution in [0, 0.1) is 0 Å². The molecule has 5 heteroatoms. The number of hydrogen-bond acceptors (Lipinski definition) is 3. The van der Waals surface area contributed by atoms with E-state index in [1.165, 1.54) is 12.1 Å². The van der Waals surface area contributed by atoms with E-state index >= 15 is 0 Å². The second kappa shape index (κ2) is 6.50. The first-order valence-corrected chi connectivity index (χ1v) is 8.43. The zero-order valence-electron chi connectivity index (χ0n) is 12.6. The molecular weight excluding hydrogens is 274 g/mol. The molecule has 20 heavy (non-hydrogen) atoms. The molecule has 1 aromatic carbocycles. The van der Waals surface area contributed by atoms with Crippen LogP contribution in [0.1, 0.15) is 57.3 Å². The molecule has 0 aromatic heterocycles. The monoisotopic (exact) mass is 297 g/mol. The molecule has 0 radical (unpaired) electrons. The van der Waals surface area contributed by atoms with E-state index in [-0.39, 0.29) is 10.7 Å². The fourth-order valence-electron chi connectivity index (χ4n) is 1.82. The van der Waals surface area contributed by atoms with Gasteiger partial charge in [-0.15, -0.1) is 0 Å². The Morgan fingerprint density at radius 3 is 2.30 bits per heavy atom. The molecule has 1 N–H and O–H groups in total. The lowest BCUT2D eigenvalue weighted by Crippen LogP contribution is -2.44. The van der Waals surface area contributed by atoms with Crippen LogP contribution in [0.15, 0.2) is 29.2 Å². The minimum atomic E-state index is -3.61. The van der Waals surface area contributed by atoms with E-state index in [9.17, 15) is 13.2 Å². The van der Waals surface area contributed by atoms with Crippen LogP contribution in [0.25, 0.3) is 0 Å². The molecule has 0 saturated carbocycles. The first kappa shape index (κ1) is 16.9. The molecule has 112 valence electrons. The zero-order valence-corrected chi connectivity index (χ0v) is 13.4. The molecule has 0 amide bonds. The number of benzene rings is 1. The van der Waals surface area contributed by atoms with Crippen LogP contribution in [0.5, 0.6) is 0 Å². The highest BCUT2D eigenvalue weighted by atomic mass is 32.2. The Hall–Kier alpha value is -1.20. The van der Waals surface area contributed by atoms with Gasteiger partial charge in [-0.05, 0) is 31.9 Å². The van der Waals surface area contributed by atoms with Gasteiger partial charge in [0.2, 0.25) is 10.0 Å². The number of carbonyl (C=O) groups excluding carboxylic acids is 1. The Morgan fingerprint density at radius 1 is 1.20 bits per heavy atom. The van der Waals surface area contributed by atoms with Gasteiger partial charge in [-0.2, -0.15) is 0 Å². The maximum Gasteiger partial charge on any atom is 0.241 e. The van der Waals surface area contributed by atoms with E-state index in [2.05, 4.69) is 4.72 Å². The normalized spacial score (nSPS) is 12.4. The van der Waals surface area contributed by atoms with Crippen molar-refractivity contribution < 1.29 is 13.2 Å². The molecule has 0 heterocycles. The standard InChI is InChI=1S/C15H23NO3S/c1-5-14(17)12-9-8-10-13(11-12)20(18,19)16-15(4,6-2)7-3/h8-11,16H,5-7H2,1-4H3. The lowest BCUT2D eigenvalue weighted by atomic mass is 9.98. The summed E-state index contributed by atoms with van der Waals surface area (Å²) < 4.78 is 27.5. The van der Waals surface area contributed by atoms with Crippen LogP contribution >= 0.6 is 0 Å². The van der Waals surface area contributed by atoms with Crippen LogP contribution in [0.2, 0.25) is 0 Å². The van der Waals surface area contributed by atoms with Gasteiger partial charge in [-0.1, -0.05) is 32.9 Å². The summed E-state index contributed by atoms with van der Waals surface area (Å²) >= 11 is 0. The van der Waals surface area contributed by atoms with Gasteiger partial charge >= 0.3 is 0 Å². The van der Waals surface area contributed by atoms with E-state index in [1.807, 2.05) is 20.8 Å². The quantitative estimate of drug-likeness (QED) is 0.786. The van der Waals surface area contributed by atoms with Crippen LogP contribution in [0.4, 0.5) is 0 Å². The van der Waals surface area contributed by atoms with Crippen molar-refractivity contribution in [2.45, 2.75) is 57.4 Å². The average Bonchev–Trinajstić information content (AvgIpc) is 2.46. The Morgan fingerprint density at radius 2 is 1.80 bits per heavy atom. The Bertz CT molecular complexity index is 575. The molecule has 0 aliphatic carbocycles. The van der Waals surface area contributed by atoms with Crippen molar-refractivity contribution in [2.24, 2.45) is 0 Å². The summed E-state index contributed by atoms with van der Waals surface area (Å²) in [6.45, 7) is 7.53. The summed E-state index contributed by atoms with van der Waals surface area (Å²) in [7, 11) is -3.61. The molecule has 1 aromatic rings. The summed E-state index contributed by atoms with van der Waals surface area (Å²) in [5.41, 5.74) is -0.0334. The van der Waals surface area contributed by atoms with Gasteiger partial charge in [0.25, 0.3) is 0 Å². The third kappa shape index (κ3) is 3.90. The number of rotatable bonds is 7. The SMILES string of the molecule is CCC(=O)c1cccc(S(=O)(=O)NC(C)(CC)CC)c1. The molecule has 0 bridgehead atoms. The van der Waals surface area contributed by atoms with E-state index in [1.54, 1.807) is 19.1 Å². The molecule has 0 aliphatic heterocycles. The molecule has 1 rings (SSSR count). The van der Waals surface area contributed by atoms with E-state index in [4.69, 9.17) is 0 Å². The molecule has 0 saturated heterocycles. The lowest BCUT2D eigenvalue weighted by molar-refractivity contribution is 0.0988. The highest BCUT2D eigenvalue weighted by Gasteiger charge is 2.27. The highest BCUT2D eigenvalue weighted by Crippen LogP contribution is 2.20. The summed E-state index contributed by atoms with van der Waals surface area (Å²) in [6, 6.07) is 6.21.